The van der Waals surface area contributed by atoms with Gasteiger partial charge < -0.3 is 19.5 Å². The molecule has 0 atom stereocenters. The van der Waals surface area contributed by atoms with Crippen LogP contribution in [0.2, 0.25) is 0 Å². The molecular weight excluding hydrogens is 258 g/mol. The lowest BCUT2D eigenvalue weighted by Crippen LogP contribution is -2.45. The first-order valence-electron chi connectivity index (χ1n) is 7.57. The minimum atomic E-state index is -0.662. The van der Waals surface area contributed by atoms with E-state index in [1.807, 2.05) is 14.0 Å². The lowest BCUT2D eigenvalue weighted by molar-refractivity contribution is -0.151. The molecule has 0 bridgehead atoms. The second kappa shape index (κ2) is 8.60. The fourth-order valence-corrected chi connectivity index (χ4v) is 2.87. The Labute approximate surface area is 122 Å². The molecule has 0 aromatic rings. The molecule has 1 aliphatic carbocycles. The van der Waals surface area contributed by atoms with Crippen molar-refractivity contribution in [2.75, 3.05) is 40.5 Å². The summed E-state index contributed by atoms with van der Waals surface area (Å²) in [4.78, 5) is 13.8. The summed E-state index contributed by atoms with van der Waals surface area (Å²) in [5.74, 6) is -0.142. The lowest BCUT2D eigenvalue weighted by atomic mass is 9.78. The molecule has 0 spiro atoms. The van der Waals surface area contributed by atoms with E-state index >= 15 is 0 Å². The predicted octanol–water partition coefficient (Wildman–Crippen LogP) is 1.44. The first-order valence-corrected chi connectivity index (χ1v) is 7.57. The van der Waals surface area contributed by atoms with Gasteiger partial charge in [0.05, 0.1) is 18.1 Å². The molecule has 1 N–H and O–H groups in total. The number of nitrogens with zero attached hydrogens (tertiary/aromatic N) is 1. The van der Waals surface area contributed by atoms with Gasteiger partial charge in [0.15, 0.2) is 0 Å². The SMILES string of the molecule is CCOC(=O)C1CCC(O)(CN(C)CCCOC)CC1. The van der Waals surface area contributed by atoms with Gasteiger partial charge >= 0.3 is 5.97 Å². The van der Waals surface area contributed by atoms with Crippen LogP contribution in [0.15, 0.2) is 0 Å². The van der Waals surface area contributed by atoms with Gasteiger partial charge in [-0.3, -0.25) is 4.79 Å². The third-order valence-electron chi connectivity index (χ3n) is 3.99. The summed E-state index contributed by atoms with van der Waals surface area (Å²) in [6.07, 6.45) is 3.76. The Hall–Kier alpha value is -0.650. The second-order valence-corrected chi connectivity index (χ2v) is 5.83. The number of methoxy groups -OCH3 is 1. The Balaban J connectivity index is 2.32. The summed E-state index contributed by atoms with van der Waals surface area (Å²) in [6, 6.07) is 0. The van der Waals surface area contributed by atoms with Crippen LogP contribution in [0.5, 0.6) is 0 Å². The number of carbonyl (C=O) groups excluding carboxylic acids is 1. The van der Waals surface area contributed by atoms with E-state index in [0.717, 1.165) is 32.4 Å². The highest BCUT2D eigenvalue weighted by Crippen LogP contribution is 2.33. The summed E-state index contributed by atoms with van der Waals surface area (Å²) in [5, 5.41) is 10.6. The van der Waals surface area contributed by atoms with Crippen molar-refractivity contribution in [3.8, 4) is 0 Å². The van der Waals surface area contributed by atoms with Crippen molar-refractivity contribution in [3.63, 3.8) is 0 Å². The summed E-state index contributed by atoms with van der Waals surface area (Å²) >= 11 is 0. The molecule has 0 aromatic heterocycles. The van der Waals surface area contributed by atoms with E-state index in [1.165, 1.54) is 0 Å². The molecular formula is C15H29NO4. The first-order chi connectivity index (χ1) is 9.50. The Morgan fingerprint density at radius 1 is 1.40 bits per heavy atom. The number of esters is 1. The van der Waals surface area contributed by atoms with Gasteiger partial charge in [0.2, 0.25) is 0 Å². The predicted molar refractivity (Wildman–Crippen MR) is 77.5 cm³/mol. The molecule has 5 nitrogen and oxygen atoms in total. The fourth-order valence-electron chi connectivity index (χ4n) is 2.87. The lowest BCUT2D eigenvalue weighted by Gasteiger charge is -2.37. The highest BCUT2D eigenvalue weighted by atomic mass is 16.5. The van der Waals surface area contributed by atoms with E-state index in [-0.39, 0.29) is 11.9 Å². The Kier molecular flexibility index (Phi) is 7.48. The van der Waals surface area contributed by atoms with Crippen molar-refractivity contribution >= 4 is 5.97 Å². The minimum Gasteiger partial charge on any atom is -0.466 e. The average Bonchev–Trinajstić information content (AvgIpc) is 2.39. The maximum absolute atomic E-state index is 11.7. The van der Waals surface area contributed by atoms with E-state index in [1.54, 1.807) is 7.11 Å². The highest BCUT2D eigenvalue weighted by molar-refractivity contribution is 5.72. The average molecular weight is 287 g/mol. The molecule has 5 heteroatoms. The number of ether oxygens (including phenoxy) is 2. The molecule has 0 amide bonds. The maximum Gasteiger partial charge on any atom is 0.308 e. The zero-order valence-electron chi connectivity index (χ0n) is 13.1. The number of likely N-dealkylation sites (N-methyl/N-ethyl adjacent to an activating group) is 1. The van der Waals surface area contributed by atoms with Gasteiger partial charge in [-0.2, -0.15) is 0 Å². The fraction of sp³-hybridized carbons (Fsp3) is 0.933. The van der Waals surface area contributed by atoms with E-state index in [0.29, 0.717) is 26.0 Å². The third kappa shape index (κ3) is 5.77. The molecule has 0 radical (unpaired) electrons. The molecule has 0 aliphatic heterocycles. The van der Waals surface area contributed by atoms with Gasteiger partial charge in [0, 0.05) is 26.8 Å². The summed E-state index contributed by atoms with van der Waals surface area (Å²) in [7, 11) is 3.72. The number of hydrogen-bond donors (Lipinski definition) is 1. The second-order valence-electron chi connectivity index (χ2n) is 5.83. The minimum absolute atomic E-state index is 0.0333. The quantitative estimate of drug-likeness (QED) is 0.541. The zero-order chi connectivity index (χ0) is 15.0. The van der Waals surface area contributed by atoms with Crippen LogP contribution in [0.4, 0.5) is 0 Å². The van der Waals surface area contributed by atoms with Gasteiger partial charge in [0.1, 0.15) is 0 Å². The summed E-state index contributed by atoms with van der Waals surface area (Å²) in [6.45, 7) is 4.57. The molecule has 1 saturated carbocycles. The number of aliphatic hydroxyl groups is 1. The van der Waals surface area contributed by atoms with Crippen molar-refractivity contribution in [1.29, 1.82) is 0 Å². The molecule has 118 valence electrons. The monoisotopic (exact) mass is 287 g/mol. The summed E-state index contributed by atoms with van der Waals surface area (Å²) < 4.78 is 10.1. The van der Waals surface area contributed by atoms with Gasteiger partial charge in [-0.15, -0.1) is 0 Å². The van der Waals surface area contributed by atoms with E-state index in [2.05, 4.69) is 4.90 Å². The number of rotatable bonds is 8. The molecule has 0 saturated heterocycles. The molecule has 0 aromatic carbocycles. The molecule has 20 heavy (non-hydrogen) atoms. The van der Waals surface area contributed by atoms with E-state index in [9.17, 15) is 9.90 Å². The topological polar surface area (TPSA) is 59.0 Å². The largest absolute Gasteiger partial charge is 0.466 e. The van der Waals surface area contributed by atoms with Crippen molar-refractivity contribution < 1.29 is 19.4 Å². The molecule has 0 unspecified atom stereocenters. The van der Waals surface area contributed by atoms with Crippen LogP contribution in [0.1, 0.15) is 39.0 Å². The van der Waals surface area contributed by atoms with Crippen LogP contribution in [0, 0.1) is 5.92 Å². The number of carbonyl (C=O) groups is 1. The van der Waals surface area contributed by atoms with Crippen LogP contribution in [-0.2, 0) is 14.3 Å². The molecule has 0 heterocycles. The van der Waals surface area contributed by atoms with Crippen molar-refractivity contribution in [2.45, 2.75) is 44.6 Å². The van der Waals surface area contributed by atoms with Crippen LogP contribution in [-0.4, -0.2) is 62.0 Å². The molecule has 1 aliphatic rings. The van der Waals surface area contributed by atoms with Crippen LogP contribution < -0.4 is 0 Å². The van der Waals surface area contributed by atoms with Crippen molar-refractivity contribution in [2.24, 2.45) is 5.92 Å². The molecule has 1 fully saturated rings. The van der Waals surface area contributed by atoms with Crippen molar-refractivity contribution in [1.82, 2.24) is 4.90 Å². The third-order valence-corrected chi connectivity index (χ3v) is 3.99. The smallest absolute Gasteiger partial charge is 0.308 e. The van der Waals surface area contributed by atoms with E-state index < -0.39 is 5.60 Å². The van der Waals surface area contributed by atoms with Crippen LogP contribution in [0.25, 0.3) is 0 Å². The van der Waals surface area contributed by atoms with E-state index in [4.69, 9.17) is 9.47 Å². The standard InChI is InChI=1S/C15H29NO4/c1-4-20-14(17)13-6-8-15(18,9-7-13)12-16(2)10-5-11-19-3/h13,18H,4-12H2,1-3H3. The van der Waals surface area contributed by atoms with Crippen molar-refractivity contribution in [3.05, 3.63) is 0 Å². The van der Waals surface area contributed by atoms with Gasteiger partial charge in [-0.1, -0.05) is 0 Å². The summed E-state index contributed by atoms with van der Waals surface area (Å²) in [5.41, 5.74) is -0.662. The van der Waals surface area contributed by atoms with Gasteiger partial charge in [-0.25, -0.2) is 0 Å². The van der Waals surface area contributed by atoms with Crippen LogP contribution >= 0.6 is 0 Å². The molecule has 1 rings (SSSR count). The number of hydrogen-bond acceptors (Lipinski definition) is 5. The zero-order valence-corrected chi connectivity index (χ0v) is 13.1. The normalized spacial score (nSPS) is 26.8. The van der Waals surface area contributed by atoms with Crippen LogP contribution in [0.3, 0.4) is 0 Å². The maximum atomic E-state index is 11.7. The first kappa shape index (κ1) is 17.4. The van der Waals surface area contributed by atoms with Gasteiger partial charge in [0.25, 0.3) is 0 Å². The van der Waals surface area contributed by atoms with Gasteiger partial charge in [-0.05, 0) is 46.1 Å². The Bertz CT molecular complexity index is 288. The Morgan fingerprint density at radius 3 is 2.60 bits per heavy atom. The highest BCUT2D eigenvalue weighted by Gasteiger charge is 2.36. The Morgan fingerprint density at radius 2 is 2.05 bits per heavy atom.